The minimum absolute atomic E-state index is 0.0120. The second kappa shape index (κ2) is 5.65. The molecule has 0 N–H and O–H groups in total. The fourth-order valence-electron chi connectivity index (χ4n) is 1.62. The largest absolute Gasteiger partial charge is 0.495 e. The lowest BCUT2D eigenvalue weighted by molar-refractivity contribution is 0.0992. The lowest BCUT2D eigenvalue weighted by atomic mass is 10.0. The molecule has 2 rings (SSSR count). The predicted octanol–water partition coefficient (Wildman–Crippen LogP) is 3.17. The molecular formula is C14H12ClNO2. The fourth-order valence-corrected chi connectivity index (χ4v) is 1.82. The number of ketones is 1. The zero-order chi connectivity index (χ0) is 13.0. The highest BCUT2D eigenvalue weighted by Gasteiger charge is 2.10. The van der Waals surface area contributed by atoms with Crippen molar-refractivity contribution < 1.29 is 9.53 Å². The van der Waals surface area contributed by atoms with Crippen LogP contribution in [0.15, 0.2) is 42.7 Å². The van der Waals surface area contributed by atoms with Crippen molar-refractivity contribution in [3.8, 4) is 5.75 Å². The summed E-state index contributed by atoms with van der Waals surface area (Å²) in [6, 6.07) is 8.70. The molecule has 1 aromatic carbocycles. The van der Waals surface area contributed by atoms with Gasteiger partial charge < -0.3 is 4.74 Å². The van der Waals surface area contributed by atoms with Gasteiger partial charge in [0.25, 0.3) is 0 Å². The Balaban J connectivity index is 2.19. The molecule has 0 bridgehead atoms. The smallest absolute Gasteiger partial charge is 0.167 e. The standard InChI is InChI=1S/C14H12ClNO2/c1-18-14-8-11(4-5-12(14)15)13(17)7-10-3-2-6-16-9-10/h2-6,8-9H,7H2,1H3. The van der Waals surface area contributed by atoms with Gasteiger partial charge in [0.05, 0.1) is 12.1 Å². The van der Waals surface area contributed by atoms with E-state index in [1.165, 1.54) is 7.11 Å². The average molecular weight is 262 g/mol. The van der Waals surface area contributed by atoms with Crippen LogP contribution in [0.25, 0.3) is 0 Å². The number of carbonyl (C=O) groups is 1. The van der Waals surface area contributed by atoms with Crippen molar-refractivity contribution in [2.24, 2.45) is 0 Å². The zero-order valence-corrected chi connectivity index (χ0v) is 10.6. The Labute approximate surface area is 110 Å². The van der Waals surface area contributed by atoms with Crippen LogP contribution in [0.4, 0.5) is 0 Å². The third kappa shape index (κ3) is 2.87. The van der Waals surface area contributed by atoms with Gasteiger partial charge in [0, 0.05) is 24.4 Å². The van der Waals surface area contributed by atoms with E-state index >= 15 is 0 Å². The van der Waals surface area contributed by atoms with Crippen molar-refractivity contribution in [3.05, 3.63) is 58.9 Å². The van der Waals surface area contributed by atoms with Crippen molar-refractivity contribution >= 4 is 17.4 Å². The van der Waals surface area contributed by atoms with Gasteiger partial charge in [-0.1, -0.05) is 17.7 Å². The van der Waals surface area contributed by atoms with Crippen LogP contribution >= 0.6 is 11.6 Å². The van der Waals surface area contributed by atoms with Gasteiger partial charge in [-0.3, -0.25) is 9.78 Å². The van der Waals surface area contributed by atoms with E-state index in [2.05, 4.69) is 4.98 Å². The van der Waals surface area contributed by atoms with E-state index in [0.717, 1.165) is 5.56 Å². The van der Waals surface area contributed by atoms with E-state index in [9.17, 15) is 4.79 Å². The lowest BCUT2D eigenvalue weighted by Crippen LogP contribution is -2.04. The van der Waals surface area contributed by atoms with Gasteiger partial charge in [0.2, 0.25) is 0 Å². The second-order valence-corrected chi connectivity index (χ2v) is 4.22. The quantitative estimate of drug-likeness (QED) is 0.794. The van der Waals surface area contributed by atoms with Gasteiger partial charge in [-0.2, -0.15) is 0 Å². The minimum atomic E-state index is 0.0120. The number of methoxy groups -OCH3 is 1. The monoisotopic (exact) mass is 261 g/mol. The molecular weight excluding hydrogens is 250 g/mol. The molecule has 92 valence electrons. The van der Waals surface area contributed by atoms with E-state index in [1.807, 2.05) is 12.1 Å². The van der Waals surface area contributed by atoms with E-state index in [4.69, 9.17) is 16.3 Å². The number of aromatic nitrogens is 1. The molecule has 3 nitrogen and oxygen atoms in total. The van der Waals surface area contributed by atoms with Crippen LogP contribution in [-0.4, -0.2) is 17.9 Å². The first-order valence-corrected chi connectivity index (χ1v) is 5.84. The maximum Gasteiger partial charge on any atom is 0.167 e. The Morgan fingerprint density at radius 2 is 2.22 bits per heavy atom. The number of halogens is 1. The molecule has 0 fully saturated rings. The number of nitrogens with zero attached hydrogens (tertiary/aromatic N) is 1. The summed E-state index contributed by atoms with van der Waals surface area (Å²) in [4.78, 5) is 16.0. The summed E-state index contributed by atoms with van der Waals surface area (Å²) in [5.74, 6) is 0.520. The maximum atomic E-state index is 12.1. The van der Waals surface area contributed by atoms with E-state index in [0.29, 0.717) is 22.8 Å². The van der Waals surface area contributed by atoms with E-state index in [-0.39, 0.29) is 5.78 Å². The van der Waals surface area contributed by atoms with Gasteiger partial charge in [-0.05, 0) is 29.8 Å². The van der Waals surface area contributed by atoms with Crippen LogP contribution in [-0.2, 0) is 6.42 Å². The normalized spacial score (nSPS) is 10.1. The van der Waals surface area contributed by atoms with Crippen LogP contribution in [0.3, 0.4) is 0 Å². The summed E-state index contributed by atoms with van der Waals surface area (Å²) in [7, 11) is 1.52. The molecule has 4 heteroatoms. The van der Waals surface area contributed by atoms with Gasteiger partial charge >= 0.3 is 0 Å². The number of Topliss-reactive ketones (excluding diaryl/α,β-unsaturated/α-hetero) is 1. The average Bonchev–Trinajstić information content (AvgIpc) is 2.40. The highest BCUT2D eigenvalue weighted by atomic mass is 35.5. The van der Waals surface area contributed by atoms with Crippen LogP contribution in [0.1, 0.15) is 15.9 Å². The molecule has 0 aliphatic carbocycles. The van der Waals surface area contributed by atoms with Crippen molar-refractivity contribution in [2.45, 2.75) is 6.42 Å². The summed E-state index contributed by atoms with van der Waals surface area (Å²) >= 11 is 5.91. The fraction of sp³-hybridized carbons (Fsp3) is 0.143. The number of hydrogen-bond acceptors (Lipinski definition) is 3. The molecule has 0 unspecified atom stereocenters. The Hall–Kier alpha value is -1.87. The SMILES string of the molecule is COc1cc(C(=O)Cc2cccnc2)ccc1Cl. The molecule has 0 radical (unpaired) electrons. The van der Waals surface area contributed by atoms with E-state index in [1.54, 1.807) is 30.6 Å². The van der Waals surface area contributed by atoms with Crippen LogP contribution in [0.2, 0.25) is 5.02 Å². The summed E-state index contributed by atoms with van der Waals surface area (Å²) in [6.07, 6.45) is 3.68. The molecule has 18 heavy (non-hydrogen) atoms. The van der Waals surface area contributed by atoms with Crippen LogP contribution < -0.4 is 4.74 Å². The number of rotatable bonds is 4. The Kier molecular flexibility index (Phi) is 3.95. The lowest BCUT2D eigenvalue weighted by Gasteiger charge is -2.06. The highest BCUT2D eigenvalue weighted by molar-refractivity contribution is 6.32. The first-order chi connectivity index (χ1) is 8.70. The molecule has 0 saturated carbocycles. The van der Waals surface area contributed by atoms with Gasteiger partial charge in [-0.15, -0.1) is 0 Å². The molecule has 0 saturated heterocycles. The first kappa shape index (κ1) is 12.6. The van der Waals surface area contributed by atoms with Crippen LogP contribution in [0, 0.1) is 0 Å². The maximum absolute atomic E-state index is 12.1. The van der Waals surface area contributed by atoms with Gasteiger partial charge in [0.1, 0.15) is 5.75 Å². The van der Waals surface area contributed by atoms with Crippen LogP contribution in [0.5, 0.6) is 5.75 Å². The highest BCUT2D eigenvalue weighted by Crippen LogP contribution is 2.25. The summed E-state index contributed by atoms with van der Waals surface area (Å²) in [5, 5.41) is 0.496. The Morgan fingerprint density at radius 1 is 1.39 bits per heavy atom. The summed E-state index contributed by atoms with van der Waals surface area (Å²) in [5.41, 5.74) is 1.47. The number of benzene rings is 1. The van der Waals surface area contributed by atoms with Crippen molar-refractivity contribution in [2.75, 3.05) is 7.11 Å². The molecule has 2 aromatic rings. The van der Waals surface area contributed by atoms with Gasteiger partial charge in [-0.25, -0.2) is 0 Å². The van der Waals surface area contributed by atoms with Gasteiger partial charge in [0.15, 0.2) is 5.78 Å². The van der Waals surface area contributed by atoms with Crippen molar-refractivity contribution in [1.82, 2.24) is 4.98 Å². The second-order valence-electron chi connectivity index (χ2n) is 3.81. The third-order valence-electron chi connectivity index (χ3n) is 2.56. The molecule has 0 spiro atoms. The number of carbonyl (C=O) groups excluding carboxylic acids is 1. The first-order valence-electron chi connectivity index (χ1n) is 5.46. The molecule has 0 aliphatic rings. The summed E-state index contributed by atoms with van der Waals surface area (Å²) < 4.78 is 5.09. The third-order valence-corrected chi connectivity index (χ3v) is 2.87. The Bertz CT molecular complexity index is 555. The number of ether oxygens (including phenoxy) is 1. The van der Waals surface area contributed by atoms with E-state index < -0.39 is 0 Å². The number of pyridine rings is 1. The molecule has 1 heterocycles. The predicted molar refractivity (Wildman–Crippen MR) is 70.3 cm³/mol. The molecule has 0 aliphatic heterocycles. The zero-order valence-electron chi connectivity index (χ0n) is 9.89. The topological polar surface area (TPSA) is 39.2 Å². The molecule has 0 atom stereocenters. The molecule has 1 aromatic heterocycles. The Morgan fingerprint density at radius 3 is 2.89 bits per heavy atom. The molecule has 0 amide bonds. The summed E-state index contributed by atoms with van der Waals surface area (Å²) in [6.45, 7) is 0. The minimum Gasteiger partial charge on any atom is -0.495 e. The number of hydrogen-bond donors (Lipinski definition) is 0. The van der Waals surface area contributed by atoms with Crippen molar-refractivity contribution in [3.63, 3.8) is 0 Å². The van der Waals surface area contributed by atoms with Crippen molar-refractivity contribution in [1.29, 1.82) is 0 Å².